The van der Waals surface area contributed by atoms with Crippen LogP contribution in [0.15, 0.2) is 71.1 Å². The average Bonchev–Trinajstić information content (AvgIpc) is 3.48. The maximum atomic E-state index is 12.5. The first kappa shape index (κ1) is 22.3. The van der Waals surface area contributed by atoms with Crippen LogP contribution >= 0.6 is 0 Å². The van der Waals surface area contributed by atoms with Crippen molar-refractivity contribution in [2.24, 2.45) is 0 Å². The third kappa shape index (κ3) is 6.55. The molecule has 5 nitrogen and oxygen atoms in total. The molecule has 0 aliphatic carbocycles. The highest BCUT2D eigenvalue weighted by atomic mass is 16.4. The SMILES string of the molecule is Cc1ccc(CN(Cc2ccccc2)Cc2ccc(C(=O)NCCN3CCCC3)o2)cc1. The van der Waals surface area contributed by atoms with Gasteiger partial charge in [0.05, 0.1) is 6.54 Å². The number of amides is 1. The van der Waals surface area contributed by atoms with Gasteiger partial charge in [0.2, 0.25) is 0 Å². The van der Waals surface area contributed by atoms with Gasteiger partial charge in [0, 0.05) is 26.2 Å². The van der Waals surface area contributed by atoms with Gasteiger partial charge < -0.3 is 14.6 Å². The number of nitrogens with zero attached hydrogens (tertiary/aromatic N) is 2. The van der Waals surface area contributed by atoms with E-state index in [0.29, 0.717) is 18.8 Å². The lowest BCUT2D eigenvalue weighted by molar-refractivity contribution is 0.0917. The molecule has 2 heterocycles. The Kier molecular flexibility index (Phi) is 7.75. The van der Waals surface area contributed by atoms with Gasteiger partial charge in [0.1, 0.15) is 5.76 Å². The van der Waals surface area contributed by atoms with Crippen molar-refractivity contribution in [2.75, 3.05) is 26.2 Å². The Hall–Kier alpha value is -2.89. The van der Waals surface area contributed by atoms with Crippen molar-refractivity contribution in [2.45, 2.75) is 39.4 Å². The lowest BCUT2D eigenvalue weighted by atomic mass is 10.1. The maximum Gasteiger partial charge on any atom is 0.287 e. The first-order valence-electron chi connectivity index (χ1n) is 11.6. The normalized spacial score (nSPS) is 14.2. The van der Waals surface area contributed by atoms with Gasteiger partial charge in [0.25, 0.3) is 5.91 Å². The summed E-state index contributed by atoms with van der Waals surface area (Å²) in [5.74, 6) is 1.05. The number of rotatable bonds is 10. The van der Waals surface area contributed by atoms with Crippen molar-refractivity contribution >= 4 is 5.91 Å². The summed E-state index contributed by atoms with van der Waals surface area (Å²) in [4.78, 5) is 17.2. The number of carbonyl (C=O) groups excluding carboxylic acids is 1. The van der Waals surface area contributed by atoms with Crippen LogP contribution in [0.2, 0.25) is 0 Å². The number of carbonyl (C=O) groups is 1. The predicted molar refractivity (Wildman–Crippen MR) is 127 cm³/mol. The van der Waals surface area contributed by atoms with Gasteiger partial charge in [-0.15, -0.1) is 0 Å². The molecule has 0 bridgehead atoms. The highest BCUT2D eigenvalue weighted by Crippen LogP contribution is 2.17. The van der Waals surface area contributed by atoms with E-state index < -0.39 is 0 Å². The zero-order valence-corrected chi connectivity index (χ0v) is 18.9. The summed E-state index contributed by atoms with van der Waals surface area (Å²) in [5, 5.41) is 2.99. The van der Waals surface area contributed by atoms with Crippen molar-refractivity contribution in [3.63, 3.8) is 0 Å². The highest BCUT2D eigenvalue weighted by Gasteiger charge is 2.16. The molecule has 1 N–H and O–H groups in total. The van der Waals surface area contributed by atoms with E-state index >= 15 is 0 Å². The summed E-state index contributed by atoms with van der Waals surface area (Å²) in [7, 11) is 0. The monoisotopic (exact) mass is 431 g/mol. The fraction of sp³-hybridized carbons (Fsp3) is 0.370. The van der Waals surface area contributed by atoms with E-state index in [0.717, 1.165) is 38.5 Å². The maximum absolute atomic E-state index is 12.5. The van der Waals surface area contributed by atoms with Crippen LogP contribution in [0.25, 0.3) is 0 Å². The minimum atomic E-state index is -0.136. The summed E-state index contributed by atoms with van der Waals surface area (Å²) < 4.78 is 5.93. The fourth-order valence-corrected chi connectivity index (χ4v) is 4.19. The van der Waals surface area contributed by atoms with Crippen LogP contribution in [0.4, 0.5) is 0 Å². The summed E-state index contributed by atoms with van der Waals surface area (Å²) in [5.41, 5.74) is 3.78. The second kappa shape index (κ2) is 11.1. The topological polar surface area (TPSA) is 48.7 Å². The first-order chi connectivity index (χ1) is 15.7. The van der Waals surface area contributed by atoms with E-state index in [1.165, 1.54) is 29.5 Å². The number of hydrogen-bond donors (Lipinski definition) is 1. The van der Waals surface area contributed by atoms with Gasteiger partial charge in [-0.1, -0.05) is 60.2 Å². The number of furan rings is 1. The Morgan fingerprint density at radius 1 is 0.906 bits per heavy atom. The zero-order chi connectivity index (χ0) is 22.2. The Bertz CT molecular complexity index is 976. The average molecular weight is 432 g/mol. The molecule has 4 rings (SSSR count). The molecule has 2 aromatic carbocycles. The van der Waals surface area contributed by atoms with Crippen molar-refractivity contribution in [1.82, 2.24) is 15.1 Å². The number of nitrogens with one attached hydrogen (secondary N) is 1. The van der Waals surface area contributed by atoms with Crippen molar-refractivity contribution in [1.29, 1.82) is 0 Å². The quantitative estimate of drug-likeness (QED) is 0.509. The van der Waals surface area contributed by atoms with Crippen LogP contribution in [-0.2, 0) is 19.6 Å². The largest absolute Gasteiger partial charge is 0.455 e. The minimum Gasteiger partial charge on any atom is -0.455 e. The molecule has 3 aromatic rings. The Labute approximate surface area is 191 Å². The van der Waals surface area contributed by atoms with E-state index in [-0.39, 0.29) is 5.91 Å². The molecule has 1 saturated heterocycles. The minimum absolute atomic E-state index is 0.136. The van der Waals surface area contributed by atoms with Crippen LogP contribution in [0.1, 0.15) is 45.8 Å². The van der Waals surface area contributed by atoms with Crippen LogP contribution < -0.4 is 5.32 Å². The number of likely N-dealkylation sites (tertiary alicyclic amines) is 1. The van der Waals surface area contributed by atoms with Gasteiger partial charge in [-0.3, -0.25) is 9.69 Å². The molecule has 168 valence electrons. The highest BCUT2D eigenvalue weighted by molar-refractivity contribution is 5.91. The van der Waals surface area contributed by atoms with Crippen LogP contribution in [0.5, 0.6) is 0 Å². The molecule has 0 spiro atoms. The van der Waals surface area contributed by atoms with Gasteiger partial charge >= 0.3 is 0 Å². The molecule has 32 heavy (non-hydrogen) atoms. The molecule has 5 heteroatoms. The second-order valence-corrected chi connectivity index (χ2v) is 8.69. The fourth-order valence-electron chi connectivity index (χ4n) is 4.19. The van der Waals surface area contributed by atoms with Crippen molar-refractivity contribution < 1.29 is 9.21 Å². The molecular formula is C27H33N3O2. The number of benzene rings is 2. The summed E-state index contributed by atoms with van der Waals surface area (Å²) in [6.45, 7) is 8.21. The predicted octanol–water partition coefficient (Wildman–Crippen LogP) is 4.62. The molecular weight excluding hydrogens is 398 g/mol. The molecule has 0 unspecified atom stereocenters. The smallest absolute Gasteiger partial charge is 0.287 e. The van der Waals surface area contributed by atoms with E-state index in [9.17, 15) is 4.79 Å². The number of hydrogen-bond acceptors (Lipinski definition) is 4. The summed E-state index contributed by atoms with van der Waals surface area (Å²) in [6, 6.07) is 22.8. The molecule has 1 aliphatic rings. The van der Waals surface area contributed by atoms with Crippen molar-refractivity contribution in [3.05, 3.63) is 94.9 Å². The lowest BCUT2D eigenvalue weighted by Crippen LogP contribution is -2.33. The van der Waals surface area contributed by atoms with E-state index in [1.54, 1.807) is 6.07 Å². The zero-order valence-electron chi connectivity index (χ0n) is 18.9. The van der Waals surface area contributed by atoms with Gasteiger partial charge in [-0.2, -0.15) is 0 Å². The van der Waals surface area contributed by atoms with Gasteiger partial charge in [-0.05, 0) is 56.1 Å². The third-order valence-corrected chi connectivity index (χ3v) is 5.95. The standard InChI is InChI=1S/C27H33N3O2/c1-22-9-11-24(12-10-22)20-30(19-23-7-3-2-4-8-23)21-25-13-14-26(32-25)27(31)28-15-18-29-16-5-6-17-29/h2-4,7-14H,5-6,15-21H2,1H3,(H,28,31). The van der Waals surface area contributed by atoms with Gasteiger partial charge in [0.15, 0.2) is 5.76 Å². The molecule has 1 aromatic heterocycles. The third-order valence-electron chi connectivity index (χ3n) is 5.95. The summed E-state index contributed by atoms with van der Waals surface area (Å²) in [6.07, 6.45) is 2.52. The molecule has 1 amide bonds. The lowest BCUT2D eigenvalue weighted by Gasteiger charge is -2.21. The Morgan fingerprint density at radius 2 is 1.59 bits per heavy atom. The van der Waals surface area contributed by atoms with E-state index in [1.807, 2.05) is 12.1 Å². The Balaban J connectivity index is 1.37. The molecule has 0 atom stereocenters. The van der Waals surface area contributed by atoms with Crippen LogP contribution in [0.3, 0.4) is 0 Å². The van der Waals surface area contributed by atoms with E-state index in [4.69, 9.17) is 4.42 Å². The summed E-state index contributed by atoms with van der Waals surface area (Å²) >= 11 is 0. The molecule has 0 radical (unpaired) electrons. The Morgan fingerprint density at radius 3 is 2.31 bits per heavy atom. The number of aryl methyl sites for hydroxylation is 1. The van der Waals surface area contributed by atoms with Gasteiger partial charge in [-0.25, -0.2) is 0 Å². The molecule has 1 aliphatic heterocycles. The van der Waals surface area contributed by atoms with Crippen LogP contribution in [0, 0.1) is 6.92 Å². The van der Waals surface area contributed by atoms with E-state index in [2.05, 4.69) is 70.6 Å². The molecule has 1 fully saturated rings. The molecule has 0 saturated carbocycles. The first-order valence-corrected chi connectivity index (χ1v) is 11.6. The van der Waals surface area contributed by atoms with Crippen LogP contribution in [-0.4, -0.2) is 41.9 Å². The second-order valence-electron chi connectivity index (χ2n) is 8.69. The van der Waals surface area contributed by atoms with Crippen molar-refractivity contribution in [3.8, 4) is 0 Å².